The maximum Gasteiger partial charge on any atom is 0.335 e. The fourth-order valence-electron chi connectivity index (χ4n) is 2.96. The van der Waals surface area contributed by atoms with Crippen LogP contribution < -0.4 is 19.5 Å². The van der Waals surface area contributed by atoms with Crippen LogP contribution in [0.4, 0.5) is 5.69 Å². The first-order valence-corrected chi connectivity index (χ1v) is 10.1. The molecule has 0 heterocycles. The fourth-order valence-corrected chi connectivity index (χ4v) is 3.44. The maximum atomic E-state index is 11.3. The molecule has 0 unspecified atom stereocenters. The van der Waals surface area contributed by atoms with Gasteiger partial charge < -0.3 is 24.6 Å². The number of rotatable bonds is 9. The van der Waals surface area contributed by atoms with Gasteiger partial charge in [0.15, 0.2) is 11.5 Å². The van der Waals surface area contributed by atoms with Crippen molar-refractivity contribution < 1.29 is 24.1 Å². The van der Waals surface area contributed by atoms with E-state index in [-0.39, 0.29) is 12.2 Å². The summed E-state index contributed by atoms with van der Waals surface area (Å²) >= 11 is 12.6. The Morgan fingerprint density at radius 3 is 2.39 bits per heavy atom. The predicted molar refractivity (Wildman–Crippen MR) is 121 cm³/mol. The first-order chi connectivity index (χ1) is 14.9. The van der Waals surface area contributed by atoms with Gasteiger partial charge in [0, 0.05) is 17.1 Å². The van der Waals surface area contributed by atoms with Crippen LogP contribution in [-0.2, 0) is 13.2 Å². The first-order valence-electron chi connectivity index (χ1n) is 9.30. The second-order valence-electron chi connectivity index (χ2n) is 6.56. The van der Waals surface area contributed by atoms with Crippen molar-refractivity contribution in [2.45, 2.75) is 13.2 Å². The van der Waals surface area contributed by atoms with E-state index < -0.39 is 5.97 Å². The van der Waals surface area contributed by atoms with E-state index in [1.807, 2.05) is 18.2 Å². The molecule has 3 rings (SSSR count). The van der Waals surface area contributed by atoms with Gasteiger partial charge in [0.2, 0.25) is 0 Å². The molecule has 0 saturated carbocycles. The number of benzene rings is 3. The van der Waals surface area contributed by atoms with Crippen molar-refractivity contribution in [2.24, 2.45) is 0 Å². The Labute approximate surface area is 190 Å². The number of carbonyl (C=O) groups is 1. The summed E-state index contributed by atoms with van der Waals surface area (Å²) in [6.07, 6.45) is 0. The van der Waals surface area contributed by atoms with E-state index in [1.54, 1.807) is 24.3 Å². The molecule has 0 radical (unpaired) electrons. The molecule has 2 N–H and O–H groups in total. The Hall–Kier alpha value is -3.09. The third-order valence-corrected chi connectivity index (χ3v) is 5.20. The Bertz CT molecular complexity index is 1090. The molecule has 0 aliphatic heterocycles. The van der Waals surface area contributed by atoms with Crippen LogP contribution in [0.5, 0.6) is 17.2 Å². The lowest BCUT2D eigenvalue weighted by atomic mass is 10.1. The highest BCUT2D eigenvalue weighted by Crippen LogP contribution is 2.38. The molecule has 3 aromatic rings. The smallest absolute Gasteiger partial charge is 0.335 e. The number of hydrogen-bond donors (Lipinski definition) is 2. The first kappa shape index (κ1) is 22.6. The number of ether oxygens (including phenoxy) is 3. The summed E-state index contributed by atoms with van der Waals surface area (Å²) in [6.45, 7) is 0.604. The van der Waals surface area contributed by atoms with E-state index in [4.69, 9.17) is 37.4 Å². The molecule has 3 aromatic carbocycles. The van der Waals surface area contributed by atoms with E-state index >= 15 is 0 Å². The second-order valence-corrected chi connectivity index (χ2v) is 7.38. The molecular weight excluding hydrogens is 441 g/mol. The van der Waals surface area contributed by atoms with Crippen molar-refractivity contribution >= 4 is 34.9 Å². The third kappa shape index (κ3) is 5.54. The van der Waals surface area contributed by atoms with E-state index in [1.165, 1.54) is 26.4 Å². The van der Waals surface area contributed by atoms with Gasteiger partial charge in [0.25, 0.3) is 0 Å². The average molecular weight is 462 g/mol. The molecule has 6 nitrogen and oxygen atoms in total. The SMILES string of the molecule is COc1ccc(C(=O)O)cc1NCc1cc(Cl)c(OCc2ccccc2Cl)c(OC)c1. The average Bonchev–Trinajstić information content (AvgIpc) is 2.77. The summed E-state index contributed by atoms with van der Waals surface area (Å²) in [6, 6.07) is 15.6. The highest BCUT2D eigenvalue weighted by Gasteiger charge is 2.14. The van der Waals surface area contributed by atoms with Gasteiger partial charge in [-0.2, -0.15) is 0 Å². The number of nitrogens with one attached hydrogen (secondary N) is 1. The normalized spacial score (nSPS) is 10.5. The van der Waals surface area contributed by atoms with Crippen molar-refractivity contribution in [3.8, 4) is 17.2 Å². The van der Waals surface area contributed by atoms with Crippen molar-refractivity contribution in [1.29, 1.82) is 0 Å². The van der Waals surface area contributed by atoms with Gasteiger partial charge >= 0.3 is 5.97 Å². The maximum absolute atomic E-state index is 11.3. The lowest BCUT2D eigenvalue weighted by Crippen LogP contribution is -2.05. The molecular formula is C23H21Cl2NO5. The van der Waals surface area contributed by atoms with Crippen molar-refractivity contribution in [2.75, 3.05) is 19.5 Å². The van der Waals surface area contributed by atoms with Crippen molar-refractivity contribution in [3.63, 3.8) is 0 Å². The zero-order valence-corrected chi connectivity index (χ0v) is 18.5. The van der Waals surface area contributed by atoms with E-state index in [2.05, 4.69) is 5.32 Å². The van der Waals surface area contributed by atoms with Crippen LogP contribution in [0.3, 0.4) is 0 Å². The van der Waals surface area contributed by atoms with Crippen molar-refractivity contribution in [1.82, 2.24) is 0 Å². The minimum Gasteiger partial charge on any atom is -0.495 e. The highest BCUT2D eigenvalue weighted by molar-refractivity contribution is 6.32. The summed E-state index contributed by atoms with van der Waals surface area (Å²) in [4.78, 5) is 11.3. The number of hydrogen-bond acceptors (Lipinski definition) is 5. The molecule has 8 heteroatoms. The number of carboxylic acids is 1. The highest BCUT2D eigenvalue weighted by atomic mass is 35.5. The molecule has 0 aromatic heterocycles. The van der Waals surface area contributed by atoms with E-state index in [0.29, 0.717) is 39.5 Å². The summed E-state index contributed by atoms with van der Waals surface area (Å²) in [5.74, 6) is 0.402. The van der Waals surface area contributed by atoms with E-state index in [0.717, 1.165) is 11.1 Å². The van der Waals surface area contributed by atoms with Gasteiger partial charge in [-0.3, -0.25) is 0 Å². The number of halogens is 2. The van der Waals surface area contributed by atoms with E-state index in [9.17, 15) is 9.90 Å². The molecule has 0 aliphatic carbocycles. The van der Waals surface area contributed by atoms with Gasteiger partial charge in [-0.25, -0.2) is 4.79 Å². The Morgan fingerprint density at radius 1 is 0.968 bits per heavy atom. The topological polar surface area (TPSA) is 77.0 Å². The quantitative estimate of drug-likeness (QED) is 0.412. The van der Waals surface area contributed by atoms with Crippen LogP contribution in [0.15, 0.2) is 54.6 Å². The summed E-state index contributed by atoms with van der Waals surface area (Å²) in [7, 11) is 3.05. The summed E-state index contributed by atoms with van der Waals surface area (Å²) in [5, 5.41) is 13.4. The molecule has 0 spiro atoms. The van der Waals surface area contributed by atoms with Crippen LogP contribution >= 0.6 is 23.2 Å². The monoisotopic (exact) mass is 461 g/mol. The van der Waals surface area contributed by atoms with Crippen LogP contribution in [0.2, 0.25) is 10.0 Å². The Kier molecular flexibility index (Phi) is 7.50. The molecule has 0 amide bonds. The van der Waals surface area contributed by atoms with Gasteiger partial charge in [-0.15, -0.1) is 0 Å². The lowest BCUT2D eigenvalue weighted by Gasteiger charge is -2.16. The minimum absolute atomic E-state index is 0.155. The Balaban J connectivity index is 1.78. The standard InChI is InChI=1S/C23H21Cl2NO5/c1-29-20-8-7-15(23(27)28)11-19(20)26-12-14-9-18(25)22(21(10-14)30-2)31-13-16-5-3-4-6-17(16)24/h3-11,26H,12-13H2,1-2H3,(H,27,28). The molecule has 162 valence electrons. The number of anilines is 1. The van der Waals surface area contributed by atoms with Crippen LogP contribution in [0.25, 0.3) is 0 Å². The molecule has 0 aliphatic rings. The molecule has 0 atom stereocenters. The fraction of sp³-hybridized carbons (Fsp3) is 0.174. The molecule has 0 saturated heterocycles. The second kappa shape index (κ2) is 10.3. The molecule has 31 heavy (non-hydrogen) atoms. The number of methoxy groups -OCH3 is 2. The lowest BCUT2D eigenvalue weighted by molar-refractivity contribution is 0.0697. The number of carboxylic acid groups (broad SMARTS) is 1. The summed E-state index contributed by atoms with van der Waals surface area (Å²) in [5.41, 5.74) is 2.35. The van der Waals surface area contributed by atoms with Gasteiger partial charge in [0.05, 0.1) is 30.5 Å². The molecule has 0 fully saturated rings. The molecule has 0 bridgehead atoms. The number of aromatic carboxylic acids is 1. The zero-order chi connectivity index (χ0) is 22.4. The largest absolute Gasteiger partial charge is 0.495 e. The van der Waals surface area contributed by atoms with Gasteiger partial charge in [-0.05, 0) is 42.0 Å². The van der Waals surface area contributed by atoms with Crippen LogP contribution in [0.1, 0.15) is 21.5 Å². The van der Waals surface area contributed by atoms with Gasteiger partial charge in [-0.1, -0.05) is 41.4 Å². The zero-order valence-electron chi connectivity index (χ0n) is 16.9. The van der Waals surface area contributed by atoms with Crippen molar-refractivity contribution in [3.05, 3.63) is 81.3 Å². The van der Waals surface area contributed by atoms with Gasteiger partial charge in [0.1, 0.15) is 12.4 Å². The third-order valence-electron chi connectivity index (χ3n) is 4.55. The van der Waals surface area contributed by atoms with Crippen LogP contribution in [0, 0.1) is 0 Å². The Morgan fingerprint density at radius 2 is 1.71 bits per heavy atom. The summed E-state index contributed by atoms with van der Waals surface area (Å²) < 4.78 is 16.6. The minimum atomic E-state index is -1.02. The van der Waals surface area contributed by atoms with Crippen LogP contribution in [-0.4, -0.2) is 25.3 Å². The predicted octanol–water partition coefficient (Wildman–Crippen LogP) is 5.90.